The minimum atomic E-state index is -0.0458. The Morgan fingerprint density at radius 1 is 1.08 bits per heavy atom. The second-order valence-electron chi connectivity index (χ2n) is 3.89. The highest BCUT2D eigenvalue weighted by Gasteiger charge is 2.09. The average molecular weight is 180 g/mol. The molecule has 1 rings (SSSR count). The van der Waals surface area contributed by atoms with Crippen LogP contribution in [-0.4, -0.2) is 5.60 Å². The predicted octanol–water partition coefficient (Wildman–Crippen LogP) is 3.64. The lowest BCUT2D eigenvalue weighted by molar-refractivity contribution is -0.0149. The fourth-order valence-electron chi connectivity index (χ4n) is 0.874. The molecule has 1 aromatic carbocycles. The highest BCUT2D eigenvalue weighted by molar-refractivity contribution is 5.13. The van der Waals surface area contributed by atoms with Gasteiger partial charge in [0, 0.05) is 0 Å². The molecule has 0 N–H and O–H groups in total. The molecule has 1 nitrogen and oxygen atoms in total. The molecule has 0 atom stereocenters. The molecular formula is C12H20O. The van der Waals surface area contributed by atoms with E-state index in [1.54, 1.807) is 0 Å². The highest BCUT2D eigenvalue weighted by Crippen LogP contribution is 2.10. The molecule has 0 radical (unpaired) electrons. The van der Waals surface area contributed by atoms with E-state index in [1.165, 1.54) is 5.56 Å². The third-order valence-corrected chi connectivity index (χ3v) is 1.51. The third kappa shape index (κ3) is 5.42. The Morgan fingerprint density at radius 2 is 1.62 bits per heavy atom. The van der Waals surface area contributed by atoms with E-state index in [0.717, 1.165) is 0 Å². The molecule has 0 amide bonds. The van der Waals surface area contributed by atoms with Gasteiger partial charge in [0.15, 0.2) is 0 Å². The molecule has 0 aliphatic heterocycles. The van der Waals surface area contributed by atoms with Crippen LogP contribution in [0.4, 0.5) is 0 Å². The topological polar surface area (TPSA) is 9.23 Å². The summed E-state index contributed by atoms with van der Waals surface area (Å²) in [7, 11) is 0. The van der Waals surface area contributed by atoms with Crippen molar-refractivity contribution in [1.29, 1.82) is 0 Å². The molecule has 74 valence electrons. The Hall–Kier alpha value is -0.820. The summed E-state index contributed by atoms with van der Waals surface area (Å²) in [6, 6.07) is 10.2. The van der Waals surface area contributed by atoms with Gasteiger partial charge in [-0.2, -0.15) is 0 Å². The molecule has 13 heavy (non-hydrogen) atoms. The largest absolute Gasteiger partial charge is 0.371 e. The lowest BCUT2D eigenvalue weighted by Gasteiger charge is -2.19. The van der Waals surface area contributed by atoms with Crippen LogP contribution in [-0.2, 0) is 11.3 Å². The lowest BCUT2D eigenvalue weighted by Crippen LogP contribution is -2.18. The first-order chi connectivity index (χ1) is 5.58. The summed E-state index contributed by atoms with van der Waals surface area (Å²) < 4.78 is 5.62. The fraction of sp³-hybridized carbons (Fsp3) is 0.500. The van der Waals surface area contributed by atoms with Crippen molar-refractivity contribution < 1.29 is 4.74 Å². The Balaban J connectivity index is 0.00000144. The molecule has 0 spiro atoms. The van der Waals surface area contributed by atoms with Gasteiger partial charge in [-0.25, -0.2) is 0 Å². The van der Waals surface area contributed by atoms with Gasteiger partial charge in [-0.1, -0.05) is 37.8 Å². The zero-order chi connectivity index (χ0) is 9.03. The number of ether oxygens (including phenoxy) is 1. The van der Waals surface area contributed by atoms with E-state index in [4.69, 9.17) is 4.74 Å². The van der Waals surface area contributed by atoms with E-state index in [0.29, 0.717) is 6.61 Å². The average Bonchev–Trinajstić information content (AvgIpc) is 2.02. The van der Waals surface area contributed by atoms with Gasteiger partial charge in [0.1, 0.15) is 0 Å². The maximum absolute atomic E-state index is 5.62. The summed E-state index contributed by atoms with van der Waals surface area (Å²) in [4.78, 5) is 0. The van der Waals surface area contributed by atoms with Crippen molar-refractivity contribution in [3.8, 4) is 0 Å². The molecule has 0 aliphatic rings. The van der Waals surface area contributed by atoms with Gasteiger partial charge in [0.25, 0.3) is 0 Å². The van der Waals surface area contributed by atoms with Crippen molar-refractivity contribution in [2.45, 2.75) is 40.4 Å². The van der Waals surface area contributed by atoms with Crippen molar-refractivity contribution in [2.24, 2.45) is 0 Å². The van der Waals surface area contributed by atoms with Crippen LogP contribution in [0.25, 0.3) is 0 Å². The van der Waals surface area contributed by atoms with Crippen molar-refractivity contribution in [3.63, 3.8) is 0 Å². The van der Waals surface area contributed by atoms with Crippen LogP contribution in [0.15, 0.2) is 30.3 Å². The maximum atomic E-state index is 5.62. The molecule has 1 heteroatoms. The second kappa shape index (κ2) is 5.03. The van der Waals surface area contributed by atoms with Crippen LogP contribution in [0.5, 0.6) is 0 Å². The summed E-state index contributed by atoms with van der Waals surface area (Å²) in [6.45, 7) is 6.90. The minimum Gasteiger partial charge on any atom is -0.371 e. The van der Waals surface area contributed by atoms with E-state index in [9.17, 15) is 0 Å². The monoisotopic (exact) mass is 180 g/mol. The van der Waals surface area contributed by atoms with Crippen LogP contribution in [0.3, 0.4) is 0 Å². The van der Waals surface area contributed by atoms with Crippen molar-refractivity contribution in [3.05, 3.63) is 35.9 Å². The Morgan fingerprint density at radius 3 is 2.08 bits per heavy atom. The van der Waals surface area contributed by atoms with Crippen LogP contribution in [0.1, 0.15) is 33.8 Å². The predicted molar refractivity (Wildman–Crippen MR) is 57.7 cm³/mol. The molecular weight excluding hydrogens is 160 g/mol. The molecule has 0 aromatic heterocycles. The maximum Gasteiger partial charge on any atom is 0.0724 e. The lowest BCUT2D eigenvalue weighted by atomic mass is 10.2. The zero-order valence-corrected chi connectivity index (χ0v) is 8.00. The minimum absolute atomic E-state index is 0. The van der Waals surface area contributed by atoms with E-state index in [2.05, 4.69) is 32.9 Å². The Bertz CT molecular complexity index is 221. The second-order valence-corrected chi connectivity index (χ2v) is 3.89. The molecule has 0 heterocycles. The van der Waals surface area contributed by atoms with Crippen molar-refractivity contribution in [2.75, 3.05) is 0 Å². The van der Waals surface area contributed by atoms with Gasteiger partial charge >= 0.3 is 0 Å². The van der Waals surface area contributed by atoms with Crippen molar-refractivity contribution in [1.82, 2.24) is 0 Å². The molecule has 0 fully saturated rings. The van der Waals surface area contributed by atoms with Gasteiger partial charge < -0.3 is 4.74 Å². The van der Waals surface area contributed by atoms with Gasteiger partial charge in [0.2, 0.25) is 0 Å². The summed E-state index contributed by atoms with van der Waals surface area (Å²) in [5, 5.41) is 0. The van der Waals surface area contributed by atoms with Crippen LogP contribution < -0.4 is 0 Å². The van der Waals surface area contributed by atoms with E-state index in [-0.39, 0.29) is 13.0 Å². The highest BCUT2D eigenvalue weighted by atomic mass is 16.5. The number of benzene rings is 1. The summed E-state index contributed by atoms with van der Waals surface area (Å²) >= 11 is 0. The Labute approximate surface area is 81.7 Å². The molecule has 1 aromatic rings. The van der Waals surface area contributed by atoms with Crippen LogP contribution >= 0.6 is 0 Å². The van der Waals surface area contributed by atoms with Crippen LogP contribution in [0, 0.1) is 0 Å². The van der Waals surface area contributed by atoms with E-state index >= 15 is 0 Å². The SMILES string of the molecule is C.CC(C)(C)OCc1ccccc1. The normalized spacial score (nSPS) is 10.7. The number of rotatable bonds is 2. The van der Waals surface area contributed by atoms with E-state index in [1.807, 2.05) is 18.2 Å². The quantitative estimate of drug-likeness (QED) is 0.675. The third-order valence-electron chi connectivity index (χ3n) is 1.51. The molecule has 0 unspecified atom stereocenters. The van der Waals surface area contributed by atoms with Gasteiger partial charge in [-0.3, -0.25) is 0 Å². The first-order valence-electron chi connectivity index (χ1n) is 4.26. The molecule has 0 bridgehead atoms. The van der Waals surface area contributed by atoms with Crippen LogP contribution in [0.2, 0.25) is 0 Å². The molecule has 0 saturated heterocycles. The summed E-state index contributed by atoms with van der Waals surface area (Å²) in [5.74, 6) is 0. The molecule has 0 saturated carbocycles. The van der Waals surface area contributed by atoms with Gasteiger partial charge in [0.05, 0.1) is 12.2 Å². The fourth-order valence-corrected chi connectivity index (χ4v) is 0.874. The van der Waals surface area contributed by atoms with Crippen molar-refractivity contribution >= 4 is 0 Å². The van der Waals surface area contributed by atoms with E-state index < -0.39 is 0 Å². The summed E-state index contributed by atoms with van der Waals surface area (Å²) in [5.41, 5.74) is 1.18. The summed E-state index contributed by atoms with van der Waals surface area (Å²) in [6.07, 6.45) is 0. The smallest absolute Gasteiger partial charge is 0.0724 e. The number of hydrogen-bond donors (Lipinski definition) is 0. The first kappa shape index (κ1) is 12.2. The zero-order valence-electron chi connectivity index (χ0n) is 8.00. The van der Waals surface area contributed by atoms with Gasteiger partial charge in [-0.15, -0.1) is 0 Å². The molecule has 0 aliphatic carbocycles. The Kier molecular flexibility index (Phi) is 4.71. The standard InChI is InChI=1S/C11H16O.CH4/c1-11(2,3)12-9-10-7-5-4-6-8-10;/h4-8H,9H2,1-3H3;1H4. The first-order valence-corrected chi connectivity index (χ1v) is 4.26. The number of hydrogen-bond acceptors (Lipinski definition) is 1. The van der Waals surface area contributed by atoms with Gasteiger partial charge in [-0.05, 0) is 26.3 Å².